The predicted molar refractivity (Wildman–Crippen MR) is 100 cm³/mol. The summed E-state index contributed by atoms with van der Waals surface area (Å²) in [5.74, 6) is -0.497. The molecule has 3 heterocycles. The molecule has 2 aliphatic rings. The van der Waals surface area contributed by atoms with Gasteiger partial charge in [-0.2, -0.15) is 13.2 Å². The zero-order valence-corrected chi connectivity index (χ0v) is 15.9. The SMILES string of the molecule is O=C(c1cc(O)[nH]c(=O)c1)N1CCC(N(c2cc(C(F)(F)F)ncn2)C2CC2)CC1. The number of piperidine rings is 1. The van der Waals surface area contributed by atoms with Gasteiger partial charge in [-0.25, -0.2) is 9.97 Å². The van der Waals surface area contributed by atoms with Gasteiger partial charge < -0.3 is 14.9 Å². The number of nitrogens with one attached hydrogen (secondary N) is 1. The van der Waals surface area contributed by atoms with Gasteiger partial charge in [0.15, 0.2) is 5.88 Å². The number of likely N-dealkylation sites (tertiary alicyclic amines) is 1. The maximum absolute atomic E-state index is 13.1. The van der Waals surface area contributed by atoms with Crippen LogP contribution in [-0.4, -0.2) is 56.0 Å². The molecule has 0 spiro atoms. The molecule has 0 atom stereocenters. The molecule has 1 saturated carbocycles. The second kappa shape index (κ2) is 7.62. The molecule has 0 bridgehead atoms. The number of pyridine rings is 1. The Balaban J connectivity index is 1.48. The Morgan fingerprint density at radius 1 is 1.10 bits per heavy atom. The number of hydrogen-bond donors (Lipinski definition) is 2. The molecule has 1 saturated heterocycles. The lowest BCUT2D eigenvalue weighted by Gasteiger charge is -2.39. The number of hydrogen-bond acceptors (Lipinski definition) is 6. The highest BCUT2D eigenvalue weighted by Crippen LogP contribution is 2.37. The van der Waals surface area contributed by atoms with Gasteiger partial charge in [0.05, 0.1) is 5.56 Å². The Labute approximate surface area is 169 Å². The first-order valence-electron chi connectivity index (χ1n) is 9.62. The number of aromatic nitrogens is 3. The minimum Gasteiger partial charge on any atom is -0.494 e. The summed E-state index contributed by atoms with van der Waals surface area (Å²) in [5.41, 5.74) is -1.45. The van der Waals surface area contributed by atoms with Gasteiger partial charge in [0.2, 0.25) is 0 Å². The standard InChI is InChI=1S/C19H20F3N5O3/c20-19(21,22)14-9-15(24-10-23-14)27(12-1-2-12)13-3-5-26(6-4-13)18(30)11-7-16(28)25-17(29)8-11/h7-10,12-13H,1-6H2,(H2,25,28,29). The summed E-state index contributed by atoms with van der Waals surface area (Å²) in [6.45, 7) is 0.773. The van der Waals surface area contributed by atoms with Gasteiger partial charge in [-0.15, -0.1) is 0 Å². The van der Waals surface area contributed by atoms with Crippen LogP contribution in [0.3, 0.4) is 0 Å². The quantitative estimate of drug-likeness (QED) is 0.782. The number of halogens is 3. The van der Waals surface area contributed by atoms with Crippen molar-refractivity contribution in [2.75, 3.05) is 18.0 Å². The van der Waals surface area contributed by atoms with Crippen LogP contribution in [0, 0.1) is 0 Å². The number of nitrogens with zero attached hydrogens (tertiary/aromatic N) is 4. The van der Waals surface area contributed by atoms with Gasteiger partial charge in [-0.05, 0) is 25.7 Å². The number of rotatable bonds is 4. The average molecular weight is 423 g/mol. The topological polar surface area (TPSA) is 102 Å². The van der Waals surface area contributed by atoms with Gasteiger partial charge in [0.1, 0.15) is 17.8 Å². The number of H-pyrrole nitrogens is 1. The van der Waals surface area contributed by atoms with E-state index in [4.69, 9.17) is 0 Å². The predicted octanol–water partition coefficient (Wildman–Crippen LogP) is 2.16. The molecule has 2 N–H and O–H groups in total. The third kappa shape index (κ3) is 4.24. The molecule has 2 fully saturated rings. The molecular weight excluding hydrogens is 403 g/mol. The number of alkyl halides is 3. The molecule has 30 heavy (non-hydrogen) atoms. The second-order valence-corrected chi connectivity index (χ2v) is 7.54. The first-order chi connectivity index (χ1) is 14.2. The third-order valence-corrected chi connectivity index (χ3v) is 5.37. The molecule has 160 valence electrons. The first kappa shape index (κ1) is 20.2. The summed E-state index contributed by atoms with van der Waals surface area (Å²) in [6.07, 6.45) is -0.716. The Morgan fingerprint density at radius 2 is 1.77 bits per heavy atom. The van der Waals surface area contributed by atoms with Crippen molar-refractivity contribution in [3.63, 3.8) is 0 Å². The van der Waals surface area contributed by atoms with Crippen LogP contribution in [0.4, 0.5) is 19.0 Å². The summed E-state index contributed by atoms with van der Waals surface area (Å²) in [6, 6.07) is 3.40. The number of carbonyl (C=O) groups is 1. The molecular formula is C19H20F3N5O3. The zero-order valence-electron chi connectivity index (χ0n) is 15.9. The summed E-state index contributed by atoms with van der Waals surface area (Å²) in [7, 11) is 0. The Bertz CT molecular complexity index is 997. The fourth-order valence-corrected chi connectivity index (χ4v) is 3.85. The summed E-state index contributed by atoms with van der Waals surface area (Å²) in [4.78, 5) is 37.2. The number of amides is 1. The molecule has 11 heteroatoms. The highest BCUT2D eigenvalue weighted by molar-refractivity contribution is 5.94. The van der Waals surface area contributed by atoms with Gasteiger partial charge in [-0.1, -0.05) is 0 Å². The maximum Gasteiger partial charge on any atom is 0.433 e. The first-order valence-corrected chi connectivity index (χ1v) is 9.62. The minimum atomic E-state index is -4.54. The van der Waals surface area contributed by atoms with E-state index in [0.29, 0.717) is 25.9 Å². The van der Waals surface area contributed by atoms with E-state index in [-0.39, 0.29) is 35.3 Å². The zero-order chi connectivity index (χ0) is 21.5. The Hall–Kier alpha value is -3.11. The normalized spacial score (nSPS) is 17.8. The Kier molecular flexibility index (Phi) is 5.12. The fraction of sp³-hybridized carbons (Fsp3) is 0.474. The molecule has 4 rings (SSSR count). The molecule has 1 aliphatic carbocycles. The van der Waals surface area contributed by atoms with E-state index in [0.717, 1.165) is 31.3 Å². The lowest BCUT2D eigenvalue weighted by atomic mass is 10.0. The maximum atomic E-state index is 13.1. The van der Waals surface area contributed by atoms with E-state index in [2.05, 4.69) is 15.0 Å². The number of carbonyl (C=O) groups excluding carboxylic acids is 1. The van der Waals surface area contributed by atoms with Crippen molar-refractivity contribution in [1.82, 2.24) is 19.9 Å². The smallest absolute Gasteiger partial charge is 0.433 e. The van der Waals surface area contributed by atoms with E-state index in [9.17, 15) is 27.9 Å². The van der Waals surface area contributed by atoms with Crippen molar-refractivity contribution in [3.8, 4) is 5.88 Å². The molecule has 0 radical (unpaired) electrons. The highest BCUT2D eigenvalue weighted by Gasteiger charge is 2.39. The van der Waals surface area contributed by atoms with Gasteiger partial charge in [-0.3, -0.25) is 14.6 Å². The van der Waals surface area contributed by atoms with Crippen molar-refractivity contribution in [2.45, 2.75) is 43.9 Å². The third-order valence-electron chi connectivity index (χ3n) is 5.37. The second-order valence-electron chi connectivity index (χ2n) is 7.54. The van der Waals surface area contributed by atoms with Crippen LogP contribution in [0.15, 0.2) is 29.3 Å². The van der Waals surface area contributed by atoms with Crippen LogP contribution in [0.1, 0.15) is 41.7 Å². The molecule has 8 nitrogen and oxygen atoms in total. The van der Waals surface area contributed by atoms with Crippen molar-refractivity contribution < 1.29 is 23.1 Å². The van der Waals surface area contributed by atoms with E-state index >= 15 is 0 Å². The highest BCUT2D eigenvalue weighted by atomic mass is 19.4. The molecule has 1 aliphatic heterocycles. The lowest BCUT2D eigenvalue weighted by molar-refractivity contribution is -0.141. The lowest BCUT2D eigenvalue weighted by Crippen LogP contribution is -2.48. The van der Waals surface area contributed by atoms with Crippen molar-refractivity contribution in [1.29, 1.82) is 0 Å². The minimum absolute atomic E-state index is 0.0508. The average Bonchev–Trinajstić information content (AvgIpc) is 3.52. The van der Waals surface area contributed by atoms with Gasteiger partial charge in [0, 0.05) is 43.4 Å². The number of aromatic hydroxyl groups is 1. The van der Waals surface area contributed by atoms with Crippen LogP contribution >= 0.6 is 0 Å². The summed E-state index contributed by atoms with van der Waals surface area (Å²) < 4.78 is 39.2. The van der Waals surface area contributed by atoms with Crippen LogP contribution < -0.4 is 10.5 Å². The monoisotopic (exact) mass is 423 g/mol. The van der Waals surface area contributed by atoms with E-state index < -0.39 is 17.4 Å². The number of aromatic amines is 1. The molecule has 2 aromatic rings. The molecule has 0 aromatic carbocycles. The fourth-order valence-electron chi connectivity index (χ4n) is 3.85. The largest absolute Gasteiger partial charge is 0.494 e. The van der Waals surface area contributed by atoms with Crippen molar-refractivity contribution in [2.24, 2.45) is 0 Å². The summed E-state index contributed by atoms with van der Waals surface area (Å²) >= 11 is 0. The van der Waals surface area contributed by atoms with Gasteiger partial charge >= 0.3 is 6.18 Å². The molecule has 1 amide bonds. The van der Waals surface area contributed by atoms with Crippen molar-refractivity contribution in [3.05, 3.63) is 46.1 Å². The molecule has 2 aromatic heterocycles. The number of anilines is 1. The van der Waals surface area contributed by atoms with Crippen molar-refractivity contribution >= 4 is 11.7 Å². The van der Waals surface area contributed by atoms with Crippen LogP contribution in [-0.2, 0) is 6.18 Å². The van der Waals surface area contributed by atoms with E-state index in [1.807, 2.05) is 4.90 Å². The van der Waals surface area contributed by atoms with E-state index in [1.54, 1.807) is 4.90 Å². The van der Waals surface area contributed by atoms with Crippen LogP contribution in [0.2, 0.25) is 0 Å². The van der Waals surface area contributed by atoms with Gasteiger partial charge in [0.25, 0.3) is 11.5 Å². The van der Waals surface area contributed by atoms with E-state index in [1.165, 1.54) is 6.07 Å². The van der Waals surface area contributed by atoms with Crippen LogP contribution in [0.25, 0.3) is 0 Å². The van der Waals surface area contributed by atoms with Crippen LogP contribution in [0.5, 0.6) is 5.88 Å². The summed E-state index contributed by atoms with van der Waals surface area (Å²) in [5, 5.41) is 9.50. The Morgan fingerprint density at radius 3 is 2.37 bits per heavy atom. The molecule has 0 unspecified atom stereocenters.